The molecule has 1 aliphatic carbocycles. The molecular weight excluding hydrogens is 288 g/mol. The smallest absolute Gasteiger partial charge is 0.119 e. The fourth-order valence-corrected chi connectivity index (χ4v) is 3.72. The molecule has 0 unspecified atom stereocenters. The summed E-state index contributed by atoms with van der Waals surface area (Å²) in [7, 11) is 0. The molecular formula is C19H30N2O2. The Morgan fingerprint density at radius 1 is 1.17 bits per heavy atom. The SMILES string of the molecule is CCOc1ccc(CN2CCN(C3CCC3)C[C@H]2CCO)cc1. The van der Waals surface area contributed by atoms with E-state index in [-0.39, 0.29) is 6.61 Å². The van der Waals surface area contributed by atoms with Gasteiger partial charge in [0.15, 0.2) is 0 Å². The Labute approximate surface area is 140 Å². The van der Waals surface area contributed by atoms with Crippen molar-refractivity contribution in [3.63, 3.8) is 0 Å². The molecule has 2 fully saturated rings. The Morgan fingerprint density at radius 3 is 2.57 bits per heavy atom. The van der Waals surface area contributed by atoms with Crippen LogP contribution >= 0.6 is 0 Å². The maximum absolute atomic E-state index is 9.43. The molecule has 1 aliphatic heterocycles. The van der Waals surface area contributed by atoms with Crippen molar-refractivity contribution in [3.8, 4) is 5.75 Å². The lowest BCUT2D eigenvalue weighted by molar-refractivity contribution is 0.0112. The van der Waals surface area contributed by atoms with E-state index in [9.17, 15) is 5.11 Å². The second-order valence-electron chi connectivity index (χ2n) is 6.79. The summed E-state index contributed by atoms with van der Waals surface area (Å²) < 4.78 is 5.52. The second kappa shape index (κ2) is 8.13. The zero-order chi connectivity index (χ0) is 16.1. The fourth-order valence-electron chi connectivity index (χ4n) is 3.72. The molecule has 1 N–H and O–H groups in total. The van der Waals surface area contributed by atoms with Gasteiger partial charge in [0.2, 0.25) is 0 Å². The topological polar surface area (TPSA) is 35.9 Å². The summed E-state index contributed by atoms with van der Waals surface area (Å²) in [5, 5.41) is 9.43. The maximum atomic E-state index is 9.43. The van der Waals surface area contributed by atoms with Crippen LogP contribution in [0.4, 0.5) is 0 Å². The molecule has 0 aromatic heterocycles. The summed E-state index contributed by atoms with van der Waals surface area (Å²) >= 11 is 0. The van der Waals surface area contributed by atoms with E-state index in [1.807, 2.05) is 6.92 Å². The quantitative estimate of drug-likeness (QED) is 0.838. The molecule has 0 radical (unpaired) electrons. The normalized spacial score (nSPS) is 23.7. The van der Waals surface area contributed by atoms with Crippen LogP contribution in [0.25, 0.3) is 0 Å². The zero-order valence-corrected chi connectivity index (χ0v) is 14.3. The molecule has 1 heterocycles. The standard InChI is InChI=1S/C19H30N2O2/c1-2-23-19-8-6-16(7-9-19)14-20-11-12-21(17-4-3-5-17)15-18(20)10-13-22/h6-9,17-18,22H,2-5,10-15H2,1H3/t18-/m1/s1. The van der Waals surface area contributed by atoms with E-state index in [1.54, 1.807) is 0 Å². The number of piperazine rings is 1. The van der Waals surface area contributed by atoms with Crippen LogP contribution in [0.15, 0.2) is 24.3 Å². The van der Waals surface area contributed by atoms with Crippen LogP contribution in [-0.2, 0) is 6.54 Å². The summed E-state index contributed by atoms with van der Waals surface area (Å²) in [6, 6.07) is 9.73. The molecule has 0 amide bonds. The molecule has 4 heteroatoms. The first-order chi connectivity index (χ1) is 11.3. The molecule has 1 saturated carbocycles. The molecule has 1 aromatic rings. The van der Waals surface area contributed by atoms with Crippen molar-refractivity contribution >= 4 is 0 Å². The Bertz CT molecular complexity index is 473. The first-order valence-corrected chi connectivity index (χ1v) is 9.11. The number of nitrogens with zero attached hydrogens (tertiary/aromatic N) is 2. The van der Waals surface area contributed by atoms with Gasteiger partial charge in [0.25, 0.3) is 0 Å². The molecule has 2 aliphatic rings. The average Bonchev–Trinajstić information content (AvgIpc) is 2.50. The van der Waals surface area contributed by atoms with E-state index < -0.39 is 0 Å². The summed E-state index contributed by atoms with van der Waals surface area (Å²) in [6.07, 6.45) is 5.00. The maximum Gasteiger partial charge on any atom is 0.119 e. The lowest BCUT2D eigenvalue weighted by Crippen LogP contribution is -2.57. The van der Waals surface area contributed by atoms with Gasteiger partial charge in [-0.1, -0.05) is 18.6 Å². The van der Waals surface area contributed by atoms with Crippen molar-refractivity contribution < 1.29 is 9.84 Å². The Balaban J connectivity index is 1.58. The number of hydrogen-bond donors (Lipinski definition) is 1. The lowest BCUT2D eigenvalue weighted by atomic mass is 9.90. The molecule has 0 bridgehead atoms. The number of aliphatic hydroxyl groups is 1. The average molecular weight is 318 g/mol. The third kappa shape index (κ3) is 4.25. The Hall–Kier alpha value is -1.10. The van der Waals surface area contributed by atoms with Gasteiger partial charge in [-0.25, -0.2) is 0 Å². The minimum absolute atomic E-state index is 0.281. The number of hydrogen-bond acceptors (Lipinski definition) is 4. The number of ether oxygens (including phenoxy) is 1. The van der Waals surface area contributed by atoms with Crippen molar-refractivity contribution in [2.45, 2.75) is 51.2 Å². The highest BCUT2D eigenvalue weighted by Crippen LogP contribution is 2.28. The predicted molar refractivity (Wildman–Crippen MR) is 92.7 cm³/mol. The minimum Gasteiger partial charge on any atom is -0.494 e. The molecule has 1 atom stereocenters. The van der Waals surface area contributed by atoms with Gasteiger partial charge in [-0.05, 0) is 43.9 Å². The highest BCUT2D eigenvalue weighted by atomic mass is 16.5. The first kappa shape index (κ1) is 16.7. The van der Waals surface area contributed by atoms with Gasteiger partial charge in [0.05, 0.1) is 6.61 Å². The van der Waals surface area contributed by atoms with Gasteiger partial charge in [-0.15, -0.1) is 0 Å². The molecule has 23 heavy (non-hydrogen) atoms. The largest absolute Gasteiger partial charge is 0.494 e. The van der Waals surface area contributed by atoms with Crippen LogP contribution in [0.1, 0.15) is 38.2 Å². The van der Waals surface area contributed by atoms with Crippen LogP contribution in [0.3, 0.4) is 0 Å². The number of aliphatic hydroxyl groups excluding tert-OH is 1. The van der Waals surface area contributed by atoms with Crippen molar-refractivity contribution in [3.05, 3.63) is 29.8 Å². The predicted octanol–water partition coefficient (Wildman–Crippen LogP) is 2.51. The van der Waals surface area contributed by atoms with Crippen molar-refractivity contribution in [2.75, 3.05) is 32.8 Å². The third-order valence-electron chi connectivity index (χ3n) is 5.31. The van der Waals surface area contributed by atoms with Gasteiger partial charge >= 0.3 is 0 Å². The molecule has 3 rings (SSSR count). The Morgan fingerprint density at radius 2 is 1.96 bits per heavy atom. The zero-order valence-electron chi connectivity index (χ0n) is 14.3. The first-order valence-electron chi connectivity index (χ1n) is 9.11. The molecule has 1 saturated heterocycles. The molecule has 4 nitrogen and oxygen atoms in total. The molecule has 1 aromatic carbocycles. The van der Waals surface area contributed by atoms with Gasteiger partial charge in [-0.3, -0.25) is 9.80 Å². The van der Waals surface area contributed by atoms with E-state index in [4.69, 9.17) is 4.74 Å². The highest BCUT2D eigenvalue weighted by Gasteiger charge is 2.32. The summed E-state index contributed by atoms with van der Waals surface area (Å²) in [6.45, 7) is 7.36. The number of rotatable bonds is 7. The van der Waals surface area contributed by atoms with Crippen molar-refractivity contribution in [1.29, 1.82) is 0 Å². The van der Waals surface area contributed by atoms with E-state index in [2.05, 4.69) is 34.1 Å². The lowest BCUT2D eigenvalue weighted by Gasteiger charge is -2.47. The Kier molecular flexibility index (Phi) is 5.92. The van der Waals surface area contributed by atoms with Crippen molar-refractivity contribution in [1.82, 2.24) is 9.80 Å². The van der Waals surface area contributed by atoms with Crippen LogP contribution in [0, 0.1) is 0 Å². The van der Waals surface area contributed by atoms with E-state index in [0.29, 0.717) is 12.6 Å². The van der Waals surface area contributed by atoms with Gasteiger partial charge in [0, 0.05) is 44.9 Å². The fraction of sp³-hybridized carbons (Fsp3) is 0.684. The third-order valence-corrected chi connectivity index (χ3v) is 5.31. The van der Waals surface area contributed by atoms with Gasteiger partial charge < -0.3 is 9.84 Å². The van der Waals surface area contributed by atoms with Crippen LogP contribution in [-0.4, -0.2) is 59.8 Å². The monoisotopic (exact) mass is 318 g/mol. The molecule has 128 valence electrons. The minimum atomic E-state index is 0.281. The van der Waals surface area contributed by atoms with Crippen LogP contribution < -0.4 is 4.74 Å². The van der Waals surface area contributed by atoms with E-state index >= 15 is 0 Å². The van der Waals surface area contributed by atoms with Gasteiger partial charge in [-0.2, -0.15) is 0 Å². The van der Waals surface area contributed by atoms with Crippen molar-refractivity contribution in [2.24, 2.45) is 0 Å². The summed E-state index contributed by atoms with van der Waals surface area (Å²) in [5.74, 6) is 0.943. The van der Waals surface area contributed by atoms with Crippen LogP contribution in [0.2, 0.25) is 0 Å². The van der Waals surface area contributed by atoms with Crippen LogP contribution in [0.5, 0.6) is 5.75 Å². The summed E-state index contributed by atoms with van der Waals surface area (Å²) in [4.78, 5) is 5.19. The summed E-state index contributed by atoms with van der Waals surface area (Å²) in [5.41, 5.74) is 1.33. The highest BCUT2D eigenvalue weighted by molar-refractivity contribution is 5.27. The van der Waals surface area contributed by atoms with E-state index in [1.165, 1.54) is 31.4 Å². The number of benzene rings is 1. The van der Waals surface area contributed by atoms with E-state index in [0.717, 1.165) is 37.8 Å². The van der Waals surface area contributed by atoms with Gasteiger partial charge in [0.1, 0.15) is 5.75 Å². The molecule has 0 spiro atoms. The second-order valence-corrected chi connectivity index (χ2v) is 6.79.